The topological polar surface area (TPSA) is 83.1 Å². The van der Waals surface area contributed by atoms with Gasteiger partial charge in [-0.2, -0.15) is 4.31 Å². The Hall–Kier alpha value is -2.53. The number of nitrogens with zero attached hydrogens (tertiary/aromatic N) is 4. The predicted molar refractivity (Wildman–Crippen MR) is 149 cm³/mol. The van der Waals surface area contributed by atoms with Gasteiger partial charge in [-0.1, -0.05) is 32.1 Å². The molecule has 0 atom stereocenters. The summed E-state index contributed by atoms with van der Waals surface area (Å²) in [7, 11) is -1.96. The van der Waals surface area contributed by atoms with Crippen molar-refractivity contribution in [3.8, 4) is 5.75 Å². The lowest BCUT2D eigenvalue weighted by Crippen LogP contribution is -2.39. The molecule has 0 saturated carbocycles. The third-order valence-electron chi connectivity index (χ3n) is 7.08. The summed E-state index contributed by atoms with van der Waals surface area (Å²) in [6, 6.07) is 12.0. The summed E-state index contributed by atoms with van der Waals surface area (Å²) >= 11 is 1.46. The second kappa shape index (κ2) is 11.9. The normalized spacial score (nSPS) is 15.4. The van der Waals surface area contributed by atoms with Gasteiger partial charge in [0.25, 0.3) is 5.91 Å². The summed E-state index contributed by atoms with van der Waals surface area (Å²) in [5, 5.41) is 0.611. The first-order valence-electron chi connectivity index (χ1n) is 12.9. The van der Waals surface area contributed by atoms with Gasteiger partial charge in [0.15, 0.2) is 5.13 Å². The molecule has 0 spiro atoms. The number of rotatable bonds is 10. The number of anilines is 1. The Kier molecular flexibility index (Phi) is 8.84. The van der Waals surface area contributed by atoms with Crippen molar-refractivity contribution in [3.05, 3.63) is 48.0 Å². The summed E-state index contributed by atoms with van der Waals surface area (Å²) in [4.78, 5) is 22.6. The van der Waals surface area contributed by atoms with E-state index in [9.17, 15) is 13.2 Å². The lowest BCUT2D eigenvalue weighted by atomic mass is 10.0. The van der Waals surface area contributed by atoms with Gasteiger partial charge in [-0.25, -0.2) is 13.4 Å². The highest BCUT2D eigenvalue weighted by Crippen LogP contribution is 2.32. The van der Waals surface area contributed by atoms with Crippen molar-refractivity contribution in [3.63, 3.8) is 0 Å². The van der Waals surface area contributed by atoms with E-state index in [0.717, 1.165) is 36.1 Å². The van der Waals surface area contributed by atoms with Gasteiger partial charge < -0.3 is 9.64 Å². The summed E-state index contributed by atoms with van der Waals surface area (Å²) in [6.45, 7) is 10.4. The fraction of sp³-hybridized carbons (Fsp3) is 0.481. The number of carbonyl (C=O) groups is 1. The third kappa shape index (κ3) is 6.14. The summed E-state index contributed by atoms with van der Waals surface area (Å²) in [6.07, 6.45) is 1.73. The summed E-state index contributed by atoms with van der Waals surface area (Å²) in [5.41, 5.74) is 1.21. The van der Waals surface area contributed by atoms with E-state index < -0.39 is 10.0 Å². The SMILES string of the molecule is CCN(CC)CCN(C(=O)c1ccc(S(=O)(=O)N2CCC(C)CC2)cc1)c1nc2cc(OC)ccc2s1. The number of piperidine rings is 1. The molecular formula is C27H36N4O4S2. The molecule has 1 saturated heterocycles. The number of fused-ring (bicyclic) bond motifs is 1. The van der Waals surface area contributed by atoms with Crippen molar-refractivity contribution < 1.29 is 17.9 Å². The lowest BCUT2D eigenvalue weighted by Gasteiger charge is -2.29. The first kappa shape index (κ1) is 27.5. The zero-order chi connectivity index (χ0) is 26.6. The Bertz CT molecular complexity index is 1310. The van der Waals surface area contributed by atoms with Crippen LogP contribution >= 0.6 is 11.3 Å². The average molecular weight is 545 g/mol. The van der Waals surface area contributed by atoms with Gasteiger partial charge in [0.2, 0.25) is 10.0 Å². The van der Waals surface area contributed by atoms with E-state index in [2.05, 4.69) is 25.7 Å². The van der Waals surface area contributed by atoms with Crippen molar-refractivity contribution in [1.82, 2.24) is 14.2 Å². The van der Waals surface area contributed by atoms with Crippen LogP contribution in [0, 0.1) is 5.92 Å². The maximum Gasteiger partial charge on any atom is 0.260 e. The molecule has 0 bridgehead atoms. The number of thiazole rings is 1. The van der Waals surface area contributed by atoms with Crippen molar-refractivity contribution in [2.24, 2.45) is 5.92 Å². The number of aromatic nitrogens is 1. The number of carbonyl (C=O) groups excluding carboxylic acids is 1. The Morgan fingerprint density at radius 1 is 1.08 bits per heavy atom. The molecule has 1 aromatic heterocycles. The quantitative estimate of drug-likeness (QED) is 0.368. The van der Waals surface area contributed by atoms with Gasteiger partial charge in [0.05, 0.1) is 22.2 Å². The minimum Gasteiger partial charge on any atom is -0.497 e. The highest BCUT2D eigenvalue weighted by Gasteiger charge is 2.29. The number of benzene rings is 2. The van der Waals surface area contributed by atoms with Gasteiger partial charge in [-0.3, -0.25) is 9.69 Å². The largest absolute Gasteiger partial charge is 0.497 e. The second-order valence-corrected chi connectivity index (χ2v) is 12.4. The van der Waals surface area contributed by atoms with Crippen molar-refractivity contribution in [2.75, 3.05) is 51.3 Å². The highest BCUT2D eigenvalue weighted by molar-refractivity contribution is 7.89. The molecule has 2 aromatic carbocycles. The molecular weight excluding hydrogens is 508 g/mol. The summed E-state index contributed by atoms with van der Waals surface area (Å²) in [5.74, 6) is 1.05. The minimum absolute atomic E-state index is 0.200. The lowest BCUT2D eigenvalue weighted by molar-refractivity contribution is 0.0983. The summed E-state index contributed by atoms with van der Waals surface area (Å²) < 4.78 is 34.1. The van der Waals surface area contributed by atoms with Gasteiger partial charge in [-0.05, 0) is 68.2 Å². The molecule has 4 rings (SSSR count). The van der Waals surface area contributed by atoms with Crippen LogP contribution in [-0.4, -0.2) is 74.9 Å². The average Bonchev–Trinajstić information content (AvgIpc) is 3.34. The molecule has 1 aliphatic heterocycles. The van der Waals surface area contributed by atoms with Crippen LogP contribution in [0.4, 0.5) is 5.13 Å². The van der Waals surface area contributed by atoms with Crippen LogP contribution in [0.3, 0.4) is 0 Å². The van der Waals surface area contributed by atoms with Crippen LogP contribution in [0.15, 0.2) is 47.4 Å². The Morgan fingerprint density at radius 2 is 1.76 bits per heavy atom. The number of methoxy groups -OCH3 is 1. The number of ether oxygens (including phenoxy) is 1. The molecule has 0 aliphatic carbocycles. The van der Waals surface area contributed by atoms with Gasteiger partial charge in [-0.15, -0.1) is 0 Å². The number of hydrogen-bond acceptors (Lipinski definition) is 7. The molecule has 0 unspecified atom stereocenters. The van der Waals surface area contributed by atoms with Crippen molar-refractivity contribution in [2.45, 2.75) is 38.5 Å². The number of sulfonamides is 1. The van der Waals surface area contributed by atoms with E-state index in [1.54, 1.807) is 40.6 Å². The van der Waals surface area contributed by atoms with Crippen LogP contribution in [0.2, 0.25) is 0 Å². The molecule has 200 valence electrons. The maximum absolute atomic E-state index is 13.7. The standard InChI is InChI=1S/C27H36N4O4S2/c1-5-29(6-2)17-18-31(27-28-24-19-22(35-4)9-12-25(24)36-27)26(32)21-7-10-23(11-8-21)37(33,34)30-15-13-20(3)14-16-30/h7-12,19-20H,5-6,13-18H2,1-4H3. The molecule has 0 N–H and O–H groups in total. The first-order valence-corrected chi connectivity index (χ1v) is 15.1. The van der Waals surface area contributed by atoms with Gasteiger partial charge >= 0.3 is 0 Å². The molecule has 2 heterocycles. The molecule has 1 amide bonds. The van der Waals surface area contributed by atoms with Crippen molar-refractivity contribution >= 4 is 42.6 Å². The molecule has 3 aromatic rings. The van der Waals surface area contributed by atoms with E-state index in [0.29, 0.717) is 48.5 Å². The van der Waals surface area contributed by atoms with Gasteiger partial charge in [0, 0.05) is 37.8 Å². The zero-order valence-electron chi connectivity index (χ0n) is 22.0. The minimum atomic E-state index is -3.57. The van der Waals surface area contributed by atoms with E-state index >= 15 is 0 Å². The van der Waals surface area contributed by atoms with E-state index in [4.69, 9.17) is 9.72 Å². The van der Waals surface area contributed by atoms with E-state index in [1.807, 2.05) is 18.2 Å². The van der Waals surface area contributed by atoms with Crippen LogP contribution in [0.1, 0.15) is 44.0 Å². The molecule has 1 fully saturated rings. The van der Waals surface area contributed by atoms with Crippen LogP contribution in [0.25, 0.3) is 10.2 Å². The fourth-order valence-electron chi connectivity index (χ4n) is 4.50. The Morgan fingerprint density at radius 3 is 2.38 bits per heavy atom. The number of likely N-dealkylation sites (N-methyl/N-ethyl adjacent to an activating group) is 1. The van der Waals surface area contributed by atoms with E-state index in [1.165, 1.54) is 11.3 Å². The second-order valence-electron chi connectivity index (χ2n) is 9.42. The third-order valence-corrected chi connectivity index (χ3v) is 10.0. The molecule has 37 heavy (non-hydrogen) atoms. The van der Waals surface area contributed by atoms with Crippen LogP contribution in [0.5, 0.6) is 5.75 Å². The van der Waals surface area contributed by atoms with Crippen LogP contribution in [-0.2, 0) is 10.0 Å². The molecule has 10 heteroatoms. The van der Waals surface area contributed by atoms with Crippen molar-refractivity contribution in [1.29, 1.82) is 0 Å². The fourth-order valence-corrected chi connectivity index (χ4v) is 6.94. The smallest absolute Gasteiger partial charge is 0.260 e. The zero-order valence-corrected chi connectivity index (χ0v) is 23.6. The van der Waals surface area contributed by atoms with E-state index in [-0.39, 0.29) is 10.8 Å². The maximum atomic E-state index is 13.7. The monoisotopic (exact) mass is 544 g/mol. The molecule has 1 aliphatic rings. The Balaban J connectivity index is 1.60. The molecule has 0 radical (unpaired) electrons. The van der Waals surface area contributed by atoms with Gasteiger partial charge in [0.1, 0.15) is 5.75 Å². The highest BCUT2D eigenvalue weighted by atomic mass is 32.2. The Labute approximate surface area is 223 Å². The van der Waals surface area contributed by atoms with Crippen LogP contribution < -0.4 is 9.64 Å². The number of hydrogen-bond donors (Lipinski definition) is 0. The predicted octanol–water partition coefficient (Wildman–Crippen LogP) is 4.71. The molecule has 8 nitrogen and oxygen atoms in total. The number of amides is 1. The first-order chi connectivity index (χ1) is 17.8.